The summed E-state index contributed by atoms with van der Waals surface area (Å²) in [6.45, 7) is 12.3. The van der Waals surface area contributed by atoms with Crippen LogP contribution in [0.1, 0.15) is 40.0 Å². The topological polar surface area (TPSA) is 54.2 Å². The first-order valence-electron chi connectivity index (χ1n) is 7.28. The molecule has 2 atom stereocenters. The van der Waals surface area contributed by atoms with E-state index in [0.717, 1.165) is 38.4 Å². The van der Waals surface area contributed by atoms with Gasteiger partial charge in [-0.15, -0.1) is 0 Å². The lowest BCUT2D eigenvalue weighted by Gasteiger charge is -2.47. The second-order valence-electron chi connectivity index (χ2n) is 6.16. The minimum Gasteiger partial charge on any atom is -0.340 e. The van der Waals surface area contributed by atoms with E-state index in [2.05, 4.69) is 48.1 Å². The monoisotopic (exact) mass is 266 g/mol. The molecule has 1 aromatic heterocycles. The molecule has 1 fully saturated rings. The van der Waals surface area contributed by atoms with E-state index in [0.29, 0.717) is 12.0 Å². The van der Waals surface area contributed by atoms with Crippen LogP contribution in [-0.4, -0.2) is 46.3 Å². The van der Waals surface area contributed by atoms with Crippen molar-refractivity contribution in [3.8, 4) is 0 Å². The van der Waals surface area contributed by atoms with Crippen LogP contribution in [0.15, 0.2) is 10.9 Å². The summed E-state index contributed by atoms with van der Waals surface area (Å²) in [6.07, 6.45) is 3.46. The number of aromatic nitrogens is 2. The standard InChI is InChI=1S/C14H26N4O/c1-5-14(4)9-18(12(8-16-14)11(2)3)7-6-13-15-10-17-19-13/h10-12,16H,5-9H2,1-4H3. The molecule has 0 spiro atoms. The molecule has 1 aliphatic rings. The third-order valence-corrected chi connectivity index (χ3v) is 4.33. The second-order valence-corrected chi connectivity index (χ2v) is 6.16. The molecule has 1 saturated heterocycles. The van der Waals surface area contributed by atoms with Gasteiger partial charge in [-0.25, -0.2) is 0 Å². The first-order valence-corrected chi connectivity index (χ1v) is 7.28. The predicted octanol–water partition coefficient (Wildman–Crippen LogP) is 1.71. The Morgan fingerprint density at radius 3 is 2.95 bits per heavy atom. The number of hydrogen-bond donors (Lipinski definition) is 1. The van der Waals surface area contributed by atoms with E-state index in [1.807, 2.05) is 0 Å². The number of nitrogens with one attached hydrogen (secondary N) is 1. The van der Waals surface area contributed by atoms with Crippen molar-refractivity contribution in [1.82, 2.24) is 20.4 Å². The fourth-order valence-electron chi connectivity index (χ4n) is 2.79. The third-order valence-electron chi connectivity index (χ3n) is 4.33. The fraction of sp³-hybridized carbons (Fsp3) is 0.857. The van der Waals surface area contributed by atoms with Crippen molar-refractivity contribution >= 4 is 0 Å². The molecular formula is C14H26N4O. The van der Waals surface area contributed by atoms with Gasteiger partial charge in [0.25, 0.3) is 0 Å². The van der Waals surface area contributed by atoms with Gasteiger partial charge in [-0.2, -0.15) is 4.98 Å². The van der Waals surface area contributed by atoms with Gasteiger partial charge in [-0.05, 0) is 19.3 Å². The summed E-state index contributed by atoms with van der Waals surface area (Å²) >= 11 is 0. The zero-order valence-electron chi connectivity index (χ0n) is 12.5. The summed E-state index contributed by atoms with van der Waals surface area (Å²) < 4.78 is 5.10. The van der Waals surface area contributed by atoms with Crippen LogP contribution < -0.4 is 5.32 Å². The molecule has 1 aliphatic heterocycles. The summed E-state index contributed by atoms with van der Waals surface area (Å²) in [7, 11) is 0. The largest absolute Gasteiger partial charge is 0.340 e. The van der Waals surface area contributed by atoms with Gasteiger partial charge < -0.3 is 9.84 Å². The average Bonchev–Trinajstić information content (AvgIpc) is 2.89. The molecule has 1 N–H and O–H groups in total. The normalized spacial score (nSPS) is 29.0. The Morgan fingerprint density at radius 2 is 2.37 bits per heavy atom. The third kappa shape index (κ3) is 3.54. The van der Waals surface area contributed by atoms with Crippen LogP contribution in [0.2, 0.25) is 0 Å². The Hall–Kier alpha value is -0.940. The van der Waals surface area contributed by atoms with E-state index in [9.17, 15) is 0 Å². The smallest absolute Gasteiger partial charge is 0.227 e. The molecule has 0 amide bonds. The van der Waals surface area contributed by atoms with Crippen LogP contribution in [0.5, 0.6) is 0 Å². The summed E-state index contributed by atoms with van der Waals surface area (Å²) in [5.41, 5.74) is 0.222. The average molecular weight is 266 g/mol. The zero-order chi connectivity index (χ0) is 13.9. The summed E-state index contributed by atoms with van der Waals surface area (Å²) in [6, 6.07) is 0.586. The maximum absolute atomic E-state index is 5.10. The highest BCUT2D eigenvalue weighted by atomic mass is 16.5. The van der Waals surface area contributed by atoms with E-state index in [1.54, 1.807) is 0 Å². The lowest BCUT2D eigenvalue weighted by molar-refractivity contribution is 0.0596. The van der Waals surface area contributed by atoms with Crippen LogP contribution in [-0.2, 0) is 6.42 Å². The molecule has 108 valence electrons. The van der Waals surface area contributed by atoms with Crippen LogP contribution in [0.25, 0.3) is 0 Å². The Kier molecular flexibility index (Phi) is 4.58. The molecular weight excluding hydrogens is 240 g/mol. The number of piperazine rings is 1. The van der Waals surface area contributed by atoms with E-state index in [4.69, 9.17) is 4.52 Å². The molecule has 2 heterocycles. The number of rotatable bonds is 5. The maximum Gasteiger partial charge on any atom is 0.227 e. The lowest BCUT2D eigenvalue weighted by Crippen LogP contribution is -2.64. The highest BCUT2D eigenvalue weighted by Gasteiger charge is 2.35. The summed E-state index contributed by atoms with van der Waals surface area (Å²) in [5.74, 6) is 1.39. The fourth-order valence-corrected chi connectivity index (χ4v) is 2.79. The van der Waals surface area contributed by atoms with Crippen LogP contribution in [0, 0.1) is 5.92 Å². The van der Waals surface area contributed by atoms with Gasteiger partial charge in [0.1, 0.15) is 0 Å². The molecule has 5 nitrogen and oxygen atoms in total. The van der Waals surface area contributed by atoms with Crippen molar-refractivity contribution in [1.29, 1.82) is 0 Å². The number of nitrogens with zero attached hydrogens (tertiary/aromatic N) is 3. The molecule has 5 heteroatoms. The van der Waals surface area contributed by atoms with Crippen molar-refractivity contribution in [2.45, 2.75) is 52.1 Å². The Morgan fingerprint density at radius 1 is 1.58 bits per heavy atom. The summed E-state index contributed by atoms with van der Waals surface area (Å²) in [5, 5.41) is 7.37. The van der Waals surface area contributed by atoms with Gasteiger partial charge >= 0.3 is 0 Å². The highest BCUT2D eigenvalue weighted by Crippen LogP contribution is 2.22. The van der Waals surface area contributed by atoms with Gasteiger partial charge in [-0.1, -0.05) is 25.9 Å². The first-order chi connectivity index (χ1) is 9.04. The van der Waals surface area contributed by atoms with Crippen LogP contribution in [0.4, 0.5) is 0 Å². The Labute approximate surface area is 115 Å². The molecule has 0 aliphatic carbocycles. The van der Waals surface area contributed by atoms with Crippen molar-refractivity contribution in [2.75, 3.05) is 19.6 Å². The van der Waals surface area contributed by atoms with Gasteiger partial charge in [0.15, 0.2) is 6.33 Å². The van der Waals surface area contributed by atoms with Crippen molar-refractivity contribution in [3.05, 3.63) is 12.2 Å². The maximum atomic E-state index is 5.10. The van der Waals surface area contributed by atoms with E-state index < -0.39 is 0 Å². The second kappa shape index (κ2) is 6.01. The first kappa shape index (κ1) is 14.5. The van der Waals surface area contributed by atoms with Gasteiger partial charge in [-0.3, -0.25) is 4.90 Å². The molecule has 1 aromatic rings. The van der Waals surface area contributed by atoms with E-state index in [-0.39, 0.29) is 5.54 Å². The lowest BCUT2D eigenvalue weighted by atomic mass is 9.90. The zero-order valence-corrected chi connectivity index (χ0v) is 12.5. The van der Waals surface area contributed by atoms with E-state index in [1.165, 1.54) is 6.33 Å². The minimum atomic E-state index is 0.222. The van der Waals surface area contributed by atoms with Gasteiger partial charge in [0, 0.05) is 37.6 Å². The van der Waals surface area contributed by atoms with Gasteiger partial charge in [0.05, 0.1) is 0 Å². The predicted molar refractivity (Wildman–Crippen MR) is 74.9 cm³/mol. The Bertz CT molecular complexity index is 379. The minimum absolute atomic E-state index is 0.222. The molecule has 19 heavy (non-hydrogen) atoms. The molecule has 2 unspecified atom stereocenters. The highest BCUT2D eigenvalue weighted by molar-refractivity contribution is 4.96. The van der Waals surface area contributed by atoms with Crippen molar-refractivity contribution in [3.63, 3.8) is 0 Å². The van der Waals surface area contributed by atoms with Crippen LogP contribution in [0.3, 0.4) is 0 Å². The van der Waals surface area contributed by atoms with Crippen molar-refractivity contribution < 1.29 is 4.52 Å². The van der Waals surface area contributed by atoms with E-state index >= 15 is 0 Å². The molecule has 0 aromatic carbocycles. The quantitative estimate of drug-likeness (QED) is 0.879. The number of hydrogen-bond acceptors (Lipinski definition) is 5. The summed E-state index contributed by atoms with van der Waals surface area (Å²) in [4.78, 5) is 6.69. The van der Waals surface area contributed by atoms with Gasteiger partial charge in [0.2, 0.25) is 5.89 Å². The Balaban J connectivity index is 1.99. The van der Waals surface area contributed by atoms with Crippen LogP contribution >= 0.6 is 0 Å². The van der Waals surface area contributed by atoms with Crippen molar-refractivity contribution in [2.24, 2.45) is 5.92 Å². The molecule has 2 rings (SSSR count). The molecule has 0 saturated carbocycles. The molecule has 0 radical (unpaired) electrons. The molecule has 0 bridgehead atoms. The SMILES string of the molecule is CCC1(C)CN(CCc2ncno2)C(C(C)C)CN1.